The number of nitrogens with zero attached hydrogens (tertiary/aromatic N) is 1. The first-order valence-electron chi connectivity index (χ1n) is 9.34. The van der Waals surface area contributed by atoms with Crippen molar-refractivity contribution in [2.45, 2.75) is 65.0 Å². The fourth-order valence-corrected chi connectivity index (χ4v) is 3.67. The van der Waals surface area contributed by atoms with Gasteiger partial charge in [-0.25, -0.2) is 4.79 Å². The number of carbonyl (C=O) groups excluding carboxylic acids is 1. The molecule has 0 saturated heterocycles. The minimum absolute atomic E-state index is 0.283. The monoisotopic (exact) mass is 346 g/mol. The van der Waals surface area contributed by atoms with Crippen molar-refractivity contribution in [3.63, 3.8) is 0 Å². The first-order valence-corrected chi connectivity index (χ1v) is 9.34. The van der Waals surface area contributed by atoms with Crippen LogP contribution in [0.4, 0.5) is 10.5 Å². The zero-order valence-electron chi connectivity index (χ0n) is 15.6. The topological polar surface area (TPSA) is 64.8 Å². The lowest BCUT2D eigenvalue weighted by Gasteiger charge is -2.32. The molecule has 1 aliphatic heterocycles. The fraction of sp³-hybridized carbons (Fsp3) is 0.650. The van der Waals surface area contributed by atoms with Crippen LogP contribution < -0.4 is 10.5 Å². The smallest absolute Gasteiger partial charge is 0.410 e. The van der Waals surface area contributed by atoms with Crippen LogP contribution >= 0.6 is 0 Å². The van der Waals surface area contributed by atoms with Crippen LogP contribution in [0, 0.1) is 5.92 Å². The van der Waals surface area contributed by atoms with E-state index in [2.05, 4.69) is 0 Å². The molecular weight excluding hydrogens is 316 g/mol. The van der Waals surface area contributed by atoms with Gasteiger partial charge in [0.2, 0.25) is 0 Å². The lowest BCUT2D eigenvalue weighted by Crippen LogP contribution is -2.40. The highest BCUT2D eigenvalue weighted by atomic mass is 16.6. The minimum atomic E-state index is -0.491. The molecule has 0 bridgehead atoms. The molecule has 5 heteroatoms. The highest BCUT2D eigenvalue weighted by Gasteiger charge is 2.28. The number of nitrogen functional groups attached to an aromatic ring is 1. The van der Waals surface area contributed by atoms with Crippen LogP contribution in [0.15, 0.2) is 12.1 Å². The van der Waals surface area contributed by atoms with Gasteiger partial charge in [0.1, 0.15) is 11.4 Å². The first kappa shape index (κ1) is 17.9. The van der Waals surface area contributed by atoms with E-state index in [1.165, 1.54) is 25.7 Å². The summed E-state index contributed by atoms with van der Waals surface area (Å²) in [4.78, 5) is 14.1. The molecule has 1 saturated carbocycles. The summed E-state index contributed by atoms with van der Waals surface area (Å²) >= 11 is 0. The summed E-state index contributed by atoms with van der Waals surface area (Å²) in [6.07, 6.45) is 5.64. The van der Waals surface area contributed by atoms with Crippen molar-refractivity contribution in [3.05, 3.63) is 23.3 Å². The summed E-state index contributed by atoms with van der Waals surface area (Å²) in [5, 5.41) is 0. The Kier molecular flexibility index (Phi) is 5.11. The molecule has 0 unspecified atom stereocenters. The maximum atomic E-state index is 12.4. The number of hydrogen-bond acceptors (Lipinski definition) is 4. The number of anilines is 1. The van der Waals surface area contributed by atoms with Crippen molar-refractivity contribution in [3.8, 4) is 5.75 Å². The van der Waals surface area contributed by atoms with Crippen LogP contribution in [-0.4, -0.2) is 29.7 Å². The molecule has 1 aromatic rings. The fourth-order valence-electron chi connectivity index (χ4n) is 3.67. The van der Waals surface area contributed by atoms with Gasteiger partial charge in [0, 0.05) is 23.4 Å². The maximum Gasteiger partial charge on any atom is 0.410 e. The van der Waals surface area contributed by atoms with Gasteiger partial charge in [0.05, 0.1) is 13.2 Å². The van der Waals surface area contributed by atoms with E-state index in [0.29, 0.717) is 19.0 Å². The Bertz CT molecular complexity index is 631. The second kappa shape index (κ2) is 7.14. The van der Waals surface area contributed by atoms with Crippen molar-refractivity contribution in [1.29, 1.82) is 0 Å². The Hall–Kier alpha value is -1.91. The Morgan fingerprint density at radius 2 is 1.96 bits per heavy atom. The number of rotatable bonds is 3. The van der Waals surface area contributed by atoms with Gasteiger partial charge in [-0.2, -0.15) is 0 Å². The normalized spacial score (nSPS) is 18.1. The van der Waals surface area contributed by atoms with Crippen molar-refractivity contribution >= 4 is 11.8 Å². The summed E-state index contributed by atoms with van der Waals surface area (Å²) in [6, 6.07) is 3.87. The van der Waals surface area contributed by atoms with Crippen LogP contribution in [0.5, 0.6) is 5.75 Å². The molecule has 0 atom stereocenters. The molecule has 138 valence electrons. The Labute approximate surface area is 150 Å². The Balaban J connectivity index is 1.71. The summed E-state index contributed by atoms with van der Waals surface area (Å²) in [5.41, 5.74) is 8.56. The zero-order valence-corrected chi connectivity index (χ0v) is 15.6. The maximum absolute atomic E-state index is 12.4. The molecule has 1 fully saturated rings. The number of fused-ring (bicyclic) bond motifs is 1. The van der Waals surface area contributed by atoms with Gasteiger partial charge in [0.15, 0.2) is 0 Å². The van der Waals surface area contributed by atoms with Crippen molar-refractivity contribution in [2.24, 2.45) is 5.92 Å². The van der Waals surface area contributed by atoms with E-state index in [0.717, 1.165) is 35.6 Å². The van der Waals surface area contributed by atoms with E-state index in [4.69, 9.17) is 15.2 Å². The predicted molar refractivity (Wildman–Crippen MR) is 98.7 cm³/mol. The van der Waals surface area contributed by atoms with Crippen molar-refractivity contribution in [2.75, 3.05) is 18.9 Å². The minimum Gasteiger partial charge on any atom is -0.493 e. The van der Waals surface area contributed by atoms with Gasteiger partial charge >= 0.3 is 6.09 Å². The number of ether oxygens (including phenoxy) is 2. The molecule has 25 heavy (non-hydrogen) atoms. The highest BCUT2D eigenvalue weighted by Crippen LogP contribution is 2.34. The molecule has 5 nitrogen and oxygen atoms in total. The van der Waals surface area contributed by atoms with E-state index in [-0.39, 0.29) is 6.09 Å². The molecule has 3 rings (SSSR count). The standard InChI is InChI=1S/C20H30N2O3/c1-20(2,3)25-19(23)22-11-10-15-16(12-22)17(21)8-9-18(15)24-13-14-6-4-5-7-14/h8-9,14H,4-7,10-13,21H2,1-3H3. The van der Waals surface area contributed by atoms with Crippen LogP contribution in [-0.2, 0) is 17.7 Å². The SMILES string of the molecule is CC(C)(C)OC(=O)N1CCc2c(OCC3CCCC3)ccc(N)c2C1. The third-order valence-electron chi connectivity index (χ3n) is 5.01. The van der Waals surface area contributed by atoms with Gasteiger partial charge in [0.25, 0.3) is 0 Å². The van der Waals surface area contributed by atoms with Gasteiger partial charge in [-0.3, -0.25) is 0 Å². The van der Waals surface area contributed by atoms with E-state index in [1.54, 1.807) is 4.90 Å². The molecule has 1 aromatic carbocycles. The van der Waals surface area contributed by atoms with E-state index < -0.39 is 5.60 Å². The van der Waals surface area contributed by atoms with Gasteiger partial charge in [-0.05, 0) is 58.1 Å². The Morgan fingerprint density at radius 3 is 2.64 bits per heavy atom. The van der Waals surface area contributed by atoms with Crippen LogP contribution in [0.2, 0.25) is 0 Å². The van der Waals surface area contributed by atoms with Gasteiger partial charge in [-0.1, -0.05) is 12.8 Å². The second-order valence-corrected chi connectivity index (χ2v) is 8.22. The number of benzene rings is 1. The van der Waals surface area contributed by atoms with Crippen LogP contribution in [0.1, 0.15) is 57.6 Å². The lowest BCUT2D eigenvalue weighted by atomic mass is 9.97. The predicted octanol–water partition coefficient (Wildman–Crippen LogP) is 4.13. The molecule has 0 radical (unpaired) electrons. The summed E-state index contributed by atoms with van der Waals surface area (Å²) < 4.78 is 11.6. The quantitative estimate of drug-likeness (QED) is 0.836. The molecule has 2 aliphatic rings. The molecular formula is C20H30N2O3. The average molecular weight is 346 g/mol. The summed E-state index contributed by atoms with van der Waals surface area (Å²) in [6.45, 7) is 7.54. The third-order valence-corrected chi connectivity index (χ3v) is 5.01. The van der Waals surface area contributed by atoms with Crippen molar-refractivity contribution in [1.82, 2.24) is 4.90 Å². The number of amides is 1. The zero-order chi connectivity index (χ0) is 18.0. The first-order chi connectivity index (χ1) is 11.8. The number of carbonyl (C=O) groups is 1. The highest BCUT2D eigenvalue weighted by molar-refractivity contribution is 5.70. The molecule has 1 heterocycles. The van der Waals surface area contributed by atoms with E-state index in [1.807, 2.05) is 32.9 Å². The second-order valence-electron chi connectivity index (χ2n) is 8.22. The molecule has 1 aliphatic carbocycles. The number of nitrogens with two attached hydrogens (primary N) is 1. The summed E-state index contributed by atoms with van der Waals surface area (Å²) in [7, 11) is 0. The van der Waals surface area contributed by atoms with Gasteiger partial charge < -0.3 is 20.1 Å². The van der Waals surface area contributed by atoms with Crippen molar-refractivity contribution < 1.29 is 14.3 Å². The molecule has 0 aromatic heterocycles. The largest absolute Gasteiger partial charge is 0.493 e. The van der Waals surface area contributed by atoms with E-state index >= 15 is 0 Å². The Morgan fingerprint density at radius 1 is 1.24 bits per heavy atom. The molecule has 2 N–H and O–H groups in total. The average Bonchev–Trinajstić information content (AvgIpc) is 3.06. The lowest BCUT2D eigenvalue weighted by molar-refractivity contribution is 0.0223. The van der Waals surface area contributed by atoms with Crippen LogP contribution in [0.3, 0.4) is 0 Å². The van der Waals surface area contributed by atoms with E-state index in [9.17, 15) is 4.79 Å². The van der Waals surface area contributed by atoms with Gasteiger partial charge in [-0.15, -0.1) is 0 Å². The molecule has 1 amide bonds. The van der Waals surface area contributed by atoms with Crippen LogP contribution in [0.25, 0.3) is 0 Å². The summed E-state index contributed by atoms with van der Waals surface area (Å²) in [5.74, 6) is 1.61. The molecule has 0 spiro atoms. The number of hydrogen-bond donors (Lipinski definition) is 1. The third kappa shape index (κ3) is 4.39.